The van der Waals surface area contributed by atoms with Crippen LogP contribution in [0.1, 0.15) is 52.1 Å². The van der Waals surface area contributed by atoms with E-state index in [2.05, 4.69) is 27.2 Å². The molecule has 11 heteroatoms. The van der Waals surface area contributed by atoms with Gasteiger partial charge in [-0.2, -0.15) is 0 Å². The van der Waals surface area contributed by atoms with Crippen LogP contribution in [0.25, 0.3) is 21.9 Å². The number of rotatable bonds is 14. The van der Waals surface area contributed by atoms with E-state index in [0.29, 0.717) is 24.0 Å². The van der Waals surface area contributed by atoms with Crippen molar-refractivity contribution in [2.24, 2.45) is 16.6 Å². The number of nitrogens with one attached hydrogen (secondary N) is 2. The Morgan fingerprint density at radius 3 is 2.13 bits per heavy atom. The summed E-state index contributed by atoms with van der Waals surface area (Å²) in [5.74, 6) is -2.23. The van der Waals surface area contributed by atoms with Crippen LogP contribution >= 0.6 is 0 Å². The fraction of sp³-hybridized carbons (Fsp3) is 0.250. The second-order valence-electron chi connectivity index (χ2n) is 14.0. The topological polar surface area (TPSA) is 160 Å². The molecule has 0 spiro atoms. The van der Waals surface area contributed by atoms with Crippen LogP contribution in [0.2, 0.25) is 0 Å². The number of nitrogens with zero attached hydrogens (tertiary/aromatic N) is 1. The SMILES string of the molecule is Cc1cc(C)c(S(=O)(=O)NC(N)=NCCC[C@@H](/C=C/[C@H](Cc2ccc3ccccc3c2)C(=O)O)NC(=O)OCC2c3ccccc3-c3ccccc32)c(C)c1. The molecule has 0 heterocycles. The first-order chi connectivity index (χ1) is 26.4. The Morgan fingerprint density at radius 1 is 0.855 bits per heavy atom. The number of aliphatic carboxylic acids is 1. The summed E-state index contributed by atoms with van der Waals surface area (Å²) in [7, 11) is -3.97. The Morgan fingerprint density at radius 2 is 1.47 bits per heavy atom. The highest BCUT2D eigenvalue weighted by molar-refractivity contribution is 7.90. The summed E-state index contributed by atoms with van der Waals surface area (Å²) < 4.78 is 34.5. The average Bonchev–Trinajstić information content (AvgIpc) is 3.46. The number of benzene rings is 5. The molecule has 5 aromatic rings. The quantitative estimate of drug-likeness (QED) is 0.0394. The Balaban J connectivity index is 1.14. The Labute approximate surface area is 322 Å². The molecular weight excluding hydrogens is 713 g/mol. The van der Waals surface area contributed by atoms with E-state index in [-0.39, 0.29) is 36.3 Å². The van der Waals surface area contributed by atoms with Gasteiger partial charge in [-0.3, -0.25) is 9.79 Å². The number of nitrogens with two attached hydrogens (primary N) is 1. The van der Waals surface area contributed by atoms with Crippen LogP contribution in [0.15, 0.2) is 125 Å². The zero-order chi connectivity index (χ0) is 39.1. The zero-order valence-electron chi connectivity index (χ0n) is 31.2. The smallest absolute Gasteiger partial charge is 0.407 e. The predicted octanol–water partition coefficient (Wildman–Crippen LogP) is 7.55. The highest BCUT2D eigenvalue weighted by Crippen LogP contribution is 2.44. The van der Waals surface area contributed by atoms with Crippen LogP contribution in [0.3, 0.4) is 0 Å². The number of aryl methyl sites for hydroxylation is 3. The number of hydrogen-bond acceptors (Lipinski definition) is 6. The van der Waals surface area contributed by atoms with Crippen molar-refractivity contribution in [3.8, 4) is 11.1 Å². The Bertz CT molecular complexity index is 2320. The molecule has 0 saturated carbocycles. The summed E-state index contributed by atoms with van der Waals surface area (Å²) in [5.41, 5.74) is 13.5. The fourth-order valence-corrected chi connectivity index (χ4v) is 8.86. The van der Waals surface area contributed by atoms with Crippen molar-refractivity contribution in [3.63, 3.8) is 0 Å². The average molecular weight is 759 g/mol. The molecule has 284 valence electrons. The standard InChI is InChI=1S/C44H46N4O6S/c1-28-23-29(2)41(30(3)24-28)55(52,53)48-43(45)46-22-10-13-35(21-20-34(42(49)50)26-31-18-19-32-11-4-5-12-33(32)25-31)47-44(51)54-27-40-38-16-8-6-14-36(38)37-15-7-9-17-39(37)40/h4-9,11-12,14-21,23-25,34-35,40H,10,13,22,26-27H2,1-3H3,(H,47,51)(H,49,50)(H3,45,46,48)/b21-20+/t34-,35+/m1/s1. The van der Waals surface area contributed by atoms with Crippen molar-refractivity contribution in [1.82, 2.24) is 10.0 Å². The van der Waals surface area contributed by atoms with Gasteiger partial charge in [-0.05, 0) is 89.8 Å². The van der Waals surface area contributed by atoms with Crippen LogP contribution in [0.4, 0.5) is 4.79 Å². The zero-order valence-corrected chi connectivity index (χ0v) is 32.0. The molecule has 5 N–H and O–H groups in total. The number of ether oxygens (including phenoxy) is 1. The maximum Gasteiger partial charge on any atom is 0.407 e. The van der Waals surface area contributed by atoms with Crippen molar-refractivity contribution in [3.05, 3.63) is 149 Å². The second kappa shape index (κ2) is 17.0. The van der Waals surface area contributed by atoms with Gasteiger partial charge in [0.1, 0.15) is 6.61 Å². The summed E-state index contributed by atoms with van der Waals surface area (Å²) in [6, 6.07) is 32.9. The van der Waals surface area contributed by atoms with Gasteiger partial charge in [0.15, 0.2) is 0 Å². The number of amides is 1. The lowest BCUT2D eigenvalue weighted by Crippen LogP contribution is -2.37. The second-order valence-corrected chi connectivity index (χ2v) is 15.7. The first kappa shape index (κ1) is 38.8. The number of hydrogen-bond donors (Lipinski definition) is 4. The summed E-state index contributed by atoms with van der Waals surface area (Å²) in [4.78, 5) is 30.1. The number of sulfonamides is 1. The van der Waals surface area contributed by atoms with E-state index < -0.39 is 34.0 Å². The molecule has 0 unspecified atom stereocenters. The molecule has 2 atom stereocenters. The molecule has 0 aliphatic heterocycles. The largest absolute Gasteiger partial charge is 0.481 e. The molecule has 6 rings (SSSR count). The minimum atomic E-state index is -3.97. The minimum Gasteiger partial charge on any atom is -0.481 e. The molecular formula is C44H46N4O6S. The molecule has 5 aromatic carbocycles. The molecule has 1 amide bonds. The van der Waals surface area contributed by atoms with Crippen molar-refractivity contribution < 1.29 is 27.9 Å². The normalized spacial score (nSPS) is 14.0. The van der Waals surface area contributed by atoms with Gasteiger partial charge in [0.25, 0.3) is 10.0 Å². The Kier molecular flexibility index (Phi) is 12.0. The molecule has 0 radical (unpaired) electrons. The van der Waals surface area contributed by atoms with Gasteiger partial charge in [-0.1, -0.05) is 121 Å². The molecule has 10 nitrogen and oxygen atoms in total. The fourth-order valence-electron chi connectivity index (χ4n) is 7.46. The third-order valence-electron chi connectivity index (χ3n) is 9.88. The molecule has 0 fully saturated rings. The molecule has 0 saturated heterocycles. The summed E-state index contributed by atoms with van der Waals surface area (Å²) >= 11 is 0. The lowest BCUT2D eigenvalue weighted by atomic mass is 9.96. The predicted molar refractivity (Wildman–Crippen MR) is 217 cm³/mol. The maximum atomic E-state index is 13.3. The third-order valence-corrected chi connectivity index (χ3v) is 11.5. The minimum absolute atomic E-state index is 0.122. The first-order valence-electron chi connectivity index (χ1n) is 18.3. The highest BCUT2D eigenvalue weighted by atomic mass is 32.2. The lowest BCUT2D eigenvalue weighted by Gasteiger charge is -2.18. The van der Waals surface area contributed by atoms with Gasteiger partial charge < -0.3 is 20.9 Å². The summed E-state index contributed by atoms with van der Waals surface area (Å²) in [6.07, 6.45) is 3.64. The van der Waals surface area contributed by atoms with Gasteiger partial charge in [0, 0.05) is 12.5 Å². The van der Waals surface area contributed by atoms with Crippen LogP contribution in [0, 0.1) is 26.7 Å². The highest BCUT2D eigenvalue weighted by Gasteiger charge is 2.29. The number of fused-ring (bicyclic) bond motifs is 4. The van der Waals surface area contributed by atoms with Gasteiger partial charge in [0.2, 0.25) is 5.96 Å². The van der Waals surface area contributed by atoms with E-state index in [1.807, 2.05) is 85.8 Å². The monoisotopic (exact) mass is 758 g/mol. The molecule has 0 aromatic heterocycles. The number of carboxylic acid groups (broad SMARTS) is 1. The van der Waals surface area contributed by atoms with Gasteiger partial charge in [-0.15, -0.1) is 0 Å². The molecule has 55 heavy (non-hydrogen) atoms. The van der Waals surface area contributed by atoms with Crippen molar-refractivity contribution in [1.29, 1.82) is 0 Å². The molecule has 1 aliphatic carbocycles. The van der Waals surface area contributed by atoms with Gasteiger partial charge in [-0.25, -0.2) is 17.9 Å². The summed E-state index contributed by atoms with van der Waals surface area (Å²) in [5, 5.41) is 15.1. The van der Waals surface area contributed by atoms with Gasteiger partial charge >= 0.3 is 12.1 Å². The maximum absolute atomic E-state index is 13.3. The van der Waals surface area contributed by atoms with Gasteiger partial charge in [0.05, 0.1) is 16.9 Å². The number of guanidine groups is 1. The van der Waals surface area contributed by atoms with Crippen LogP contribution in [-0.4, -0.2) is 50.7 Å². The van der Waals surface area contributed by atoms with E-state index >= 15 is 0 Å². The number of carboxylic acids is 1. The van der Waals surface area contributed by atoms with Crippen molar-refractivity contribution in [2.45, 2.75) is 56.9 Å². The van der Waals surface area contributed by atoms with Crippen molar-refractivity contribution >= 4 is 38.8 Å². The van der Waals surface area contributed by atoms with Crippen LogP contribution in [0.5, 0.6) is 0 Å². The molecule has 0 bridgehead atoms. The van der Waals surface area contributed by atoms with Crippen molar-refractivity contribution in [2.75, 3.05) is 13.2 Å². The van der Waals surface area contributed by atoms with Crippen LogP contribution < -0.4 is 15.8 Å². The van der Waals surface area contributed by atoms with Crippen LogP contribution in [-0.2, 0) is 26.0 Å². The number of aliphatic imine (C=N–C) groups is 1. The number of carbonyl (C=O) groups excluding carboxylic acids is 1. The molecule has 1 aliphatic rings. The number of alkyl carbamates (subject to hydrolysis) is 1. The van der Waals surface area contributed by atoms with E-state index in [1.54, 1.807) is 38.1 Å². The first-order valence-corrected chi connectivity index (χ1v) is 19.8. The summed E-state index contributed by atoms with van der Waals surface area (Å²) in [6.45, 7) is 5.64. The third kappa shape index (κ3) is 9.42. The van der Waals surface area contributed by atoms with E-state index in [4.69, 9.17) is 10.5 Å². The number of carbonyl (C=O) groups is 2. The van der Waals surface area contributed by atoms with E-state index in [0.717, 1.165) is 44.2 Å². The lowest BCUT2D eigenvalue weighted by molar-refractivity contribution is -0.140. The van der Waals surface area contributed by atoms with E-state index in [9.17, 15) is 23.1 Å². The van der Waals surface area contributed by atoms with E-state index in [1.165, 1.54) is 0 Å². The Hall–Kier alpha value is -5.94.